The highest BCUT2D eigenvalue weighted by molar-refractivity contribution is 6.35. The van der Waals surface area contributed by atoms with E-state index < -0.39 is 146 Å². The van der Waals surface area contributed by atoms with Gasteiger partial charge < -0.3 is 105 Å². The van der Waals surface area contributed by atoms with E-state index in [0.29, 0.717) is 28.8 Å². The summed E-state index contributed by atoms with van der Waals surface area (Å²) < 4.78 is 46.8. The van der Waals surface area contributed by atoms with E-state index >= 15 is 0 Å². The van der Waals surface area contributed by atoms with Crippen molar-refractivity contribution < 1.29 is 98.9 Å². The van der Waals surface area contributed by atoms with Gasteiger partial charge in [-0.2, -0.15) is 10.2 Å². The van der Waals surface area contributed by atoms with Gasteiger partial charge in [-0.25, -0.2) is 23.7 Å². The summed E-state index contributed by atoms with van der Waals surface area (Å²) in [6.45, 7) is 15.3. The Morgan fingerprint density at radius 2 is 1.32 bits per heavy atom. The number of halogens is 2. The molecule has 1 unspecified atom stereocenters. The van der Waals surface area contributed by atoms with Crippen LogP contribution < -0.4 is 26.0 Å². The molecule has 4 fully saturated rings. The first kappa shape index (κ1) is 90.4. The van der Waals surface area contributed by atoms with Crippen molar-refractivity contribution in [2.45, 2.75) is 234 Å². The molecule has 0 spiro atoms. The van der Waals surface area contributed by atoms with Crippen molar-refractivity contribution in [2.75, 3.05) is 49.2 Å². The summed E-state index contributed by atoms with van der Waals surface area (Å²) >= 11 is 12.7. The number of esters is 1. The Hall–Kier alpha value is -7.54. The van der Waals surface area contributed by atoms with Crippen LogP contribution in [-0.2, 0) is 50.3 Å². The number of carbonyl (C=O) groups excluding carboxylic acids is 1. The lowest BCUT2D eigenvalue weighted by Crippen LogP contribution is -2.61. The fourth-order valence-electron chi connectivity index (χ4n) is 14.4. The van der Waals surface area contributed by atoms with Crippen LogP contribution in [0.4, 0.5) is 11.4 Å². The lowest BCUT2D eigenvalue weighted by atomic mass is 9.82. The van der Waals surface area contributed by atoms with Crippen LogP contribution in [0, 0.1) is 17.8 Å². The predicted molar refractivity (Wildman–Crippen MR) is 425 cm³/mol. The van der Waals surface area contributed by atoms with Crippen molar-refractivity contribution in [3.05, 3.63) is 185 Å². The van der Waals surface area contributed by atoms with Gasteiger partial charge in [0.05, 0.1) is 103 Å². The number of hydrogen-bond acceptors (Lipinski definition) is 26. The van der Waals surface area contributed by atoms with Crippen molar-refractivity contribution >= 4 is 46.5 Å². The van der Waals surface area contributed by atoms with E-state index in [4.69, 9.17) is 62.1 Å². The minimum absolute atomic E-state index is 0.0645. The highest BCUT2D eigenvalue weighted by atomic mass is 35.5. The number of rotatable bonds is 14. The summed E-state index contributed by atoms with van der Waals surface area (Å²) in [5.74, 6) is -7.23. The molecule has 626 valence electrons. The lowest BCUT2D eigenvalue weighted by molar-refractivity contribution is -0.310. The number of benzene rings is 3. The highest BCUT2D eigenvalue weighted by Gasteiger charge is 2.52. The van der Waals surface area contributed by atoms with Gasteiger partial charge in [-0.1, -0.05) is 123 Å². The molecule has 32 heteroatoms. The molecule has 13 N–H and O–H groups in total. The van der Waals surface area contributed by atoms with Crippen LogP contribution >= 0.6 is 23.2 Å². The van der Waals surface area contributed by atoms with Gasteiger partial charge >= 0.3 is 17.6 Å². The Labute approximate surface area is 674 Å². The second-order valence-electron chi connectivity index (χ2n) is 30.1. The van der Waals surface area contributed by atoms with Gasteiger partial charge in [0.25, 0.3) is 0 Å². The number of ether oxygens (including phenoxy) is 7. The number of aromatic nitrogens is 6. The number of allylic oxidation sites excluding steroid dienone is 10. The monoisotopic (exact) mass is 1630 g/mol. The quantitative estimate of drug-likeness (QED) is 0.0527. The first-order valence-corrected chi connectivity index (χ1v) is 39.8. The molecule has 114 heavy (non-hydrogen) atoms. The van der Waals surface area contributed by atoms with E-state index in [1.165, 1.54) is 24.0 Å². The van der Waals surface area contributed by atoms with Gasteiger partial charge in [0.1, 0.15) is 62.1 Å². The molecule has 0 amide bonds. The average Bonchev–Trinajstić information content (AvgIpc) is 1.49. The minimum atomic E-state index is -2.35. The van der Waals surface area contributed by atoms with Crippen LogP contribution in [-0.4, -0.2) is 240 Å². The number of carboxylic acids is 1. The molecular formula is C82H113Cl2N9O21. The predicted octanol–water partition coefficient (Wildman–Crippen LogP) is 6.51. The van der Waals surface area contributed by atoms with Gasteiger partial charge in [0.2, 0.25) is 5.79 Å². The van der Waals surface area contributed by atoms with E-state index in [0.717, 1.165) is 68.3 Å². The first-order chi connectivity index (χ1) is 54.4. The molecule has 2 bridgehead atoms. The van der Waals surface area contributed by atoms with Crippen molar-refractivity contribution in [1.82, 2.24) is 29.1 Å². The summed E-state index contributed by atoms with van der Waals surface area (Å²) in [5.41, 5.74) is 9.66. The number of fused-ring (bicyclic) bond motifs is 2. The van der Waals surface area contributed by atoms with E-state index in [2.05, 4.69) is 49.2 Å². The van der Waals surface area contributed by atoms with Crippen LogP contribution in [0.5, 0.6) is 5.75 Å². The zero-order chi connectivity index (χ0) is 82.4. The minimum Gasteiger partial charge on any atom is -0.491 e. The molecule has 22 atom stereocenters. The van der Waals surface area contributed by atoms with Gasteiger partial charge in [-0.05, 0) is 126 Å². The molecule has 30 nitrogen and oxygen atoms in total. The van der Waals surface area contributed by atoms with Gasteiger partial charge in [0, 0.05) is 79.2 Å². The number of nitrogens with zero attached hydrogens (tertiary/aromatic N) is 8. The largest absolute Gasteiger partial charge is 0.491 e. The van der Waals surface area contributed by atoms with Gasteiger partial charge in [-0.3, -0.25) is 9.59 Å². The third kappa shape index (κ3) is 25.5. The topological polar surface area (TPSA) is 424 Å². The molecule has 3 aromatic carbocycles. The van der Waals surface area contributed by atoms with Crippen LogP contribution in [0.15, 0.2) is 163 Å². The number of hydrogen-bond donors (Lipinski definition) is 12. The number of aliphatic hydroxyl groups is 10. The van der Waals surface area contributed by atoms with Crippen LogP contribution in [0.25, 0.3) is 5.69 Å². The molecule has 0 aliphatic carbocycles. The van der Waals surface area contributed by atoms with E-state index in [9.17, 15) is 70.6 Å². The molecular weight excluding hydrogens is 1520 g/mol. The smallest absolute Gasteiger partial charge is 0.350 e. The number of nitrogens with two attached hydrogens (primary N) is 1. The van der Waals surface area contributed by atoms with Crippen molar-refractivity contribution in [3.8, 4) is 11.4 Å². The maximum Gasteiger partial charge on any atom is 0.350 e. The maximum absolute atomic E-state index is 12.8. The number of carboxylic acid groups (broad SMARTS) is 1. The Kier molecular flexibility index (Phi) is 34.1. The third-order valence-electron chi connectivity index (χ3n) is 21.4. The molecule has 0 radical (unpaired) electrons. The summed E-state index contributed by atoms with van der Waals surface area (Å²) in [6, 6.07) is 20.4. The molecule has 5 aromatic rings. The van der Waals surface area contributed by atoms with Crippen molar-refractivity contribution in [1.29, 1.82) is 0 Å². The van der Waals surface area contributed by atoms with E-state index in [1.54, 1.807) is 72.2 Å². The summed E-state index contributed by atoms with van der Waals surface area (Å²) in [7, 11) is 0. The summed E-state index contributed by atoms with van der Waals surface area (Å²) in [4.78, 5) is 46.7. The Balaban J connectivity index is 0.000000270. The Bertz CT molecular complexity index is 4050. The van der Waals surface area contributed by atoms with Crippen molar-refractivity contribution in [3.63, 3.8) is 0 Å². The maximum atomic E-state index is 12.8. The second kappa shape index (κ2) is 43.1. The fourth-order valence-corrected chi connectivity index (χ4v) is 14.9. The van der Waals surface area contributed by atoms with Crippen LogP contribution in [0.1, 0.15) is 124 Å². The second-order valence-corrected chi connectivity index (χ2v) is 31.0. The molecule has 7 heterocycles. The number of anilines is 2. The molecule has 5 aliphatic rings. The third-order valence-corrected chi connectivity index (χ3v) is 21.9. The number of piperazine rings is 1. The number of cyclic esters (lactones) is 1. The molecule has 4 saturated heterocycles. The number of aliphatic carboxylic acids is 1. The zero-order valence-corrected chi connectivity index (χ0v) is 66.7. The molecule has 10 rings (SSSR count). The van der Waals surface area contributed by atoms with Crippen LogP contribution in [0.3, 0.4) is 0 Å². The van der Waals surface area contributed by atoms with E-state index in [1.807, 2.05) is 93.6 Å². The van der Waals surface area contributed by atoms with Gasteiger partial charge in [-0.15, -0.1) is 0 Å². The zero-order valence-electron chi connectivity index (χ0n) is 65.2. The van der Waals surface area contributed by atoms with E-state index in [-0.39, 0.29) is 62.4 Å². The number of aliphatic hydroxyl groups excluding tert-OH is 9. The highest BCUT2D eigenvalue weighted by Crippen LogP contribution is 2.42. The van der Waals surface area contributed by atoms with Crippen LogP contribution in [0.2, 0.25) is 10.0 Å². The summed E-state index contributed by atoms with van der Waals surface area (Å²) in [6.07, 6.45) is 7.47. The summed E-state index contributed by atoms with van der Waals surface area (Å²) in [5, 5.41) is 128. The average molecular weight is 1630 g/mol. The Morgan fingerprint density at radius 1 is 0.693 bits per heavy atom. The molecule has 5 aliphatic heterocycles. The van der Waals surface area contributed by atoms with Gasteiger partial charge in [0.15, 0.2) is 12.1 Å². The lowest BCUT2D eigenvalue weighted by Gasteiger charge is -2.45. The molecule has 2 aromatic heterocycles. The normalized spacial score (nSPS) is 34.4. The molecule has 0 saturated carbocycles. The Morgan fingerprint density at radius 3 is 1.96 bits per heavy atom. The van der Waals surface area contributed by atoms with Crippen molar-refractivity contribution in [2.24, 2.45) is 23.5 Å². The SMILES string of the molecule is CCC(C)n1ncn(-c2ccc(N3CCN(c4ccc(OC[C@H]5CO[C@](Cn6cncn6)(c6ccc(Cl)cc6Cl)O5)cc4)CC3)cc2)c1=O.C[C@@H]1[C@H](O)[C@@H](C)/C=C/C=C/CC/C=C/C=C/C=C/C=C/[C@H](O[C@@H]2O[C@H](C)[C@@H](O)[C@H](N)[C@@H]2O)C[C@@H]2O[C@](O)(C[C@@H](O)[C@H](O)CC[C@@H](O)C[C@@H](O)C[C@@H](O)CC(=O)O[C@H]1C)C[C@H](O)[C@H]2C(=O)O. The standard InChI is InChI=1S/C47H75NO17.C35H38Cl2N8O4/c1-27-17-15-13-11-9-7-5-6-8-10-12-14-16-18-34(64-46-44(58)41(48)43(57)30(4)63-46)24-38-40(45(59)60)37(54)26-47(61,65-38)25-36(53)35(52)20-19-31(49)21-32(50)22-33(51)23-39(55)62-29(3)28(2)42(27)56;1-3-25(2)45-34(46)44(24-40-45)29-7-5-27(6-8-29)41-14-16-42(17-15-41)28-9-11-30(12-10-28)47-19-31-20-48-35(49-31,21-43-23-38-22-39-43)32-13-4-26(36)18-33(32)37/h5-6,8,10-18,27-38,40-44,46,49-54,56-58,61H,7,9,19-26,48H2,1-4H3,(H,59,60);4-13,18,22-25,31H,3,14-17,19-21H2,1-2H3/b6-5+,10-8+,13-11+,14-12+,17-15+,18-16+;/t27-,28-,29-,30+,31+,32+,33+,34-,35+,36+,37-,38-,40+,41-,42+,43+,44-,46-,47+;25?,31-,35-/m00/s1. The fraction of sp³-hybridized carbons (Fsp3) is 0.561. The first-order valence-electron chi connectivity index (χ1n) is 39.0. The number of carbonyl (C=O) groups is 2.